The molecule has 1 fully saturated rings. The van der Waals surface area contributed by atoms with Crippen LogP contribution < -0.4 is 10.2 Å². The van der Waals surface area contributed by atoms with E-state index in [4.69, 9.17) is 16.6 Å². The molecule has 1 aliphatic rings. The second-order valence-electron chi connectivity index (χ2n) is 6.44. The van der Waals surface area contributed by atoms with Crippen LogP contribution in [0, 0.1) is 10.1 Å². The molecule has 0 spiro atoms. The molecule has 31 heavy (non-hydrogen) atoms. The first-order chi connectivity index (χ1) is 14.8. The van der Waals surface area contributed by atoms with Gasteiger partial charge in [-0.15, -0.1) is 0 Å². The summed E-state index contributed by atoms with van der Waals surface area (Å²) in [5.41, 5.74) is 0.941. The molecule has 0 bridgehead atoms. The van der Waals surface area contributed by atoms with Crippen molar-refractivity contribution >= 4 is 62.5 Å². The van der Waals surface area contributed by atoms with Gasteiger partial charge in [0.15, 0.2) is 5.11 Å². The summed E-state index contributed by atoms with van der Waals surface area (Å²) < 4.78 is 6.47. The highest BCUT2D eigenvalue weighted by Gasteiger charge is 2.34. The molecule has 1 N–H and O–H groups in total. The number of hydrogen-bond acceptors (Lipinski definition) is 6. The zero-order chi connectivity index (χ0) is 22.1. The first-order valence-electron chi connectivity index (χ1n) is 8.85. The molecule has 2 aromatic carbocycles. The Bertz CT molecular complexity index is 1270. The molecule has 10 heteroatoms. The highest BCUT2D eigenvalue weighted by Crippen LogP contribution is 2.28. The molecule has 0 aliphatic carbocycles. The van der Waals surface area contributed by atoms with Gasteiger partial charge in [-0.05, 0) is 60.8 Å². The first kappa shape index (κ1) is 20.6. The van der Waals surface area contributed by atoms with E-state index < -0.39 is 16.7 Å². The Morgan fingerprint density at radius 3 is 2.52 bits per heavy atom. The molecule has 0 saturated carbocycles. The Balaban J connectivity index is 1.64. The molecule has 1 saturated heterocycles. The lowest BCUT2D eigenvalue weighted by atomic mass is 10.1. The number of non-ortho nitro benzene ring substituents is 1. The molecular formula is C21H12BrN3O5S. The number of benzene rings is 2. The summed E-state index contributed by atoms with van der Waals surface area (Å²) in [6.07, 6.45) is 1.33. The number of thiocarbonyl (C=S) groups is 1. The van der Waals surface area contributed by atoms with E-state index in [9.17, 15) is 19.7 Å². The topological polar surface area (TPSA) is 106 Å². The van der Waals surface area contributed by atoms with Crippen molar-refractivity contribution < 1.29 is 18.9 Å². The van der Waals surface area contributed by atoms with E-state index in [2.05, 4.69) is 21.2 Å². The molecule has 0 radical (unpaired) electrons. The van der Waals surface area contributed by atoms with Gasteiger partial charge in [-0.25, -0.2) is 0 Å². The number of nitrogens with one attached hydrogen (secondary N) is 1. The highest BCUT2D eigenvalue weighted by molar-refractivity contribution is 9.10. The Morgan fingerprint density at radius 2 is 1.84 bits per heavy atom. The molecule has 0 unspecified atom stereocenters. The molecule has 2 amide bonds. The number of nitro benzene ring substituents is 1. The Hall–Kier alpha value is -3.63. The fourth-order valence-corrected chi connectivity index (χ4v) is 3.65. The third-order valence-corrected chi connectivity index (χ3v) is 5.22. The molecule has 0 atom stereocenters. The largest absolute Gasteiger partial charge is 0.457 e. The minimum atomic E-state index is -0.630. The lowest BCUT2D eigenvalue weighted by Gasteiger charge is -2.28. The second kappa shape index (κ2) is 8.25. The zero-order valence-electron chi connectivity index (χ0n) is 15.6. The fraction of sp³-hybridized carbons (Fsp3) is 0. The standard InChI is InChI=1S/C21H12BrN3O5S/c22-13-2-1-3-15(10-13)24-20(27)17(19(26)23-21(24)31)11-16-8-9-18(30-16)12-4-6-14(7-5-12)25(28)29/h1-11H,(H,23,26,31)/b17-11-. The average Bonchev–Trinajstić information content (AvgIpc) is 3.20. The number of rotatable bonds is 4. The lowest BCUT2D eigenvalue weighted by molar-refractivity contribution is -0.384. The summed E-state index contributed by atoms with van der Waals surface area (Å²) in [4.78, 5) is 37.0. The van der Waals surface area contributed by atoms with Crippen LogP contribution in [0.2, 0.25) is 0 Å². The summed E-state index contributed by atoms with van der Waals surface area (Å²) in [7, 11) is 0. The van der Waals surface area contributed by atoms with Gasteiger partial charge in [0.25, 0.3) is 17.5 Å². The molecule has 2 heterocycles. The van der Waals surface area contributed by atoms with Gasteiger partial charge in [0.1, 0.15) is 17.1 Å². The van der Waals surface area contributed by atoms with E-state index in [0.717, 1.165) is 4.47 Å². The maximum atomic E-state index is 13.0. The number of halogens is 1. The van der Waals surface area contributed by atoms with Gasteiger partial charge in [-0.1, -0.05) is 22.0 Å². The fourth-order valence-electron chi connectivity index (χ4n) is 2.98. The van der Waals surface area contributed by atoms with Crippen LogP contribution in [0.1, 0.15) is 5.76 Å². The predicted molar refractivity (Wildman–Crippen MR) is 121 cm³/mol. The van der Waals surface area contributed by atoms with Gasteiger partial charge in [0.2, 0.25) is 0 Å². The Kier molecular flexibility index (Phi) is 5.49. The lowest BCUT2D eigenvalue weighted by Crippen LogP contribution is -2.54. The molecule has 1 aromatic heterocycles. The van der Waals surface area contributed by atoms with Crippen LogP contribution in [-0.2, 0) is 9.59 Å². The van der Waals surface area contributed by atoms with Crippen LogP contribution in [0.5, 0.6) is 0 Å². The van der Waals surface area contributed by atoms with Crippen molar-refractivity contribution in [1.82, 2.24) is 5.32 Å². The van der Waals surface area contributed by atoms with Gasteiger partial charge in [-0.3, -0.25) is 29.9 Å². The molecule has 3 aromatic rings. The summed E-state index contributed by atoms with van der Waals surface area (Å²) in [5.74, 6) is -0.506. The maximum Gasteiger partial charge on any atom is 0.270 e. The van der Waals surface area contributed by atoms with Crippen molar-refractivity contribution in [3.63, 3.8) is 0 Å². The van der Waals surface area contributed by atoms with Crippen molar-refractivity contribution in [3.8, 4) is 11.3 Å². The predicted octanol–water partition coefficient (Wildman–Crippen LogP) is 4.45. The van der Waals surface area contributed by atoms with Gasteiger partial charge >= 0.3 is 0 Å². The van der Waals surface area contributed by atoms with E-state index in [1.54, 1.807) is 48.5 Å². The summed E-state index contributed by atoms with van der Waals surface area (Å²) in [6, 6.07) is 16.0. The number of amides is 2. The average molecular weight is 498 g/mol. The zero-order valence-corrected chi connectivity index (χ0v) is 18.0. The molecule has 1 aliphatic heterocycles. The number of furan rings is 1. The molecule has 154 valence electrons. The normalized spacial score (nSPS) is 15.3. The number of hydrogen-bond donors (Lipinski definition) is 1. The molecule has 4 rings (SSSR count). The third-order valence-electron chi connectivity index (χ3n) is 4.44. The summed E-state index contributed by atoms with van der Waals surface area (Å²) >= 11 is 8.53. The van der Waals surface area contributed by atoms with Crippen LogP contribution in [0.25, 0.3) is 17.4 Å². The van der Waals surface area contributed by atoms with Crippen molar-refractivity contribution in [2.75, 3.05) is 4.90 Å². The number of anilines is 1. The summed E-state index contributed by atoms with van der Waals surface area (Å²) in [6.45, 7) is 0. The Morgan fingerprint density at radius 1 is 1.10 bits per heavy atom. The Labute approximate surface area is 189 Å². The minimum absolute atomic E-state index is 0.0173. The smallest absolute Gasteiger partial charge is 0.270 e. The second-order valence-corrected chi connectivity index (χ2v) is 7.75. The number of carbonyl (C=O) groups is 2. The third kappa shape index (κ3) is 4.16. The van der Waals surface area contributed by atoms with Gasteiger partial charge in [0.05, 0.1) is 10.6 Å². The van der Waals surface area contributed by atoms with E-state index in [-0.39, 0.29) is 22.1 Å². The van der Waals surface area contributed by atoms with Gasteiger partial charge < -0.3 is 4.42 Å². The summed E-state index contributed by atoms with van der Waals surface area (Å²) in [5, 5.41) is 13.3. The van der Waals surface area contributed by atoms with Crippen LogP contribution >= 0.6 is 28.1 Å². The SMILES string of the molecule is O=C1NC(=S)N(c2cccc(Br)c2)C(=O)/C1=C\c1ccc(-c2ccc([N+](=O)[O-])cc2)o1. The van der Waals surface area contributed by atoms with Crippen molar-refractivity contribution in [2.45, 2.75) is 0 Å². The van der Waals surface area contributed by atoms with Crippen LogP contribution in [0.4, 0.5) is 11.4 Å². The quantitative estimate of drug-likeness (QED) is 0.187. The van der Waals surface area contributed by atoms with Crippen LogP contribution in [0.15, 0.2) is 75.1 Å². The van der Waals surface area contributed by atoms with Crippen molar-refractivity contribution in [3.05, 3.63) is 86.6 Å². The van der Waals surface area contributed by atoms with E-state index >= 15 is 0 Å². The van der Waals surface area contributed by atoms with E-state index in [1.807, 2.05) is 0 Å². The van der Waals surface area contributed by atoms with E-state index in [0.29, 0.717) is 17.0 Å². The van der Waals surface area contributed by atoms with Crippen LogP contribution in [0.3, 0.4) is 0 Å². The van der Waals surface area contributed by atoms with Crippen molar-refractivity contribution in [1.29, 1.82) is 0 Å². The van der Waals surface area contributed by atoms with Gasteiger partial charge in [-0.2, -0.15) is 0 Å². The monoisotopic (exact) mass is 497 g/mol. The van der Waals surface area contributed by atoms with Crippen molar-refractivity contribution in [2.24, 2.45) is 0 Å². The highest BCUT2D eigenvalue weighted by atomic mass is 79.9. The minimum Gasteiger partial charge on any atom is -0.457 e. The molecular weight excluding hydrogens is 486 g/mol. The van der Waals surface area contributed by atoms with Crippen LogP contribution in [-0.4, -0.2) is 21.9 Å². The number of nitro groups is 1. The maximum absolute atomic E-state index is 13.0. The number of nitrogens with zero attached hydrogens (tertiary/aromatic N) is 2. The molecule has 8 nitrogen and oxygen atoms in total. The van der Waals surface area contributed by atoms with E-state index in [1.165, 1.54) is 23.1 Å². The number of carbonyl (C=O) groups excluding carboxylic acids is 2. The first-order valence-corrected chi connectivity index (χ1v) is 10.1. The van der Waals surface area contributed by atoms with Gasteiger partial charge in [0, 0.05) is 22.2 Å².